The van der Waals surface area contributed by atoms with E-state index in [2.05, 4.69) is 42.9 Å². The molecule has 1 N–H and O–H groups in total. The predicted octanol–water partition coefficient (Wildman–Crippen LogP) is 1.43. The third-order valence-electron chi connectivity index (χ3n) is 4.95. The SMILES string of the molecule is CCC1C2CNCC2CN1c1nccn(C(C)(C)C)c1=O. The van der Waals surface area contributed by atoms with Crippen LogP contribution in [0.5, 0.6) is 0 Å². The Bertz CT molecular complexity index is 574. The van der Waals surface area contributed by atoms with Crippen LogP contribution in [0.25, 0.3) is 0 Å². The Kier molecular flexibility index (Phi) is 3.56. The molecule has 0 spiro atoms. The number of hydrogen-bond donors (Lipinski definition) is 1. The van der Waals surface area contributed by atoms with Crippen LogP contribution in [-0.4, -0.2) is 35.2 Å². The molecule has 3 atom stereocenters. The zero-order valence-electron chi connectivity index (χ0n) is 13.5. The van der Waals surface area contributed by atoms with E-state index in [-0.39, 0.29) is 11.1 Å². The molecule has 2 aliphatic heterocycles. The molecule has 0 bridgehead atoms. The molecule has 21 heavy (non-hydrogen) atoms. The van der Waals surface area contributed by atoms with Crippen molar-refractivity contribution in [2.24, 2.45) is 11.8 Å². The summed E-state index contributed by atoms with van der Waals surface area (Å²) < 4.78 is 1.80. The second-order valence-corrected chi connectivity index (χ2v) is 7.31. The molecule has 1 aromatic rings. The molecule has 0 aliphatic carbocycles. The van der Waals surface area contributed by atoms with Crippen molar-refractivity contribution >= 4 is 5.82 Å². The van der Waals surface area contributed by atoms with Gasteiger partial charge < -0.3 is 14.8 Å². The lowest BCUT2D eigenvalue weighted by atomic mass is 9.93. The van der Waals surface area contributed by atoms with Crippen molar-refractivity contribution in [2.45, 2.75) is 45.7 Å². The van der Waals surface area contributed by atoms with Gasteiger partial charge in [0, 0.05) is 43.6 Å². The summed E-state index contributed by atoms with van der Waals surface area (Å²) in [6.07, 6.45) is 4.63. The first kappa shape index (κ1) is 14.6. The molecule has 0 amide bonds. The number of anilines is 1. The lowest BCUT2D eigenvalue weighted by molar-refractivity contribution is 0.381. The highest BCUT2D eigenvalue weighted by molar-refractivity contribution is 5.40. The van der Waals surface area contributed by atoms with E-state index < -0.39 is 0 Å². The molecule has 5 nitrogen and oxygen atoms in total. The molecule has 3 unspecified atom stereocenters. The van der Waals surface area contributed by atoms with Gasteiger partial charge in [-0.1, -0.05) is 6.92 Å². The smallest absolute Gasteiger partial charge is 0.293 e. The molecule has 0 aromatic carbocycles. The lowest BCUT2D eigenvalue weighted by Crippen LogP contribution is -2.42. The van der Waals surface area contributed by atoms with Gasteiger partial charge in [-0.3, -0.25) is 4.79 Å². The van der Waals surface area contributed by atoms with E-state index in [4.69, 9.17) is 0 Å². The summed E-state index contributed by atoms with van der Waals surface area (Å²) >= 11 is 0. The third kappa shape index (κ3) is 2.37. The van der Waals surface area contributed by atoms with E-state index in [0.717, 1.165) is 26.1 Å². The van der Waals surface area contributed by atoms with Crippen LogP contribution < -0.4 is 15.8 Å². The Hall–Kier alpha value is -1.36. The summed E-state index contributed by atoms with van der Waals surface area (Å²) in [6, 6.07) is 0.431. The van der Waals surface area contributed by atoms with Crippen LogP contribution in [0.1, 0.15) is 34.1 Å². The Morgan fingerprint density at radius 3 is 2.81 bits per heavy atom. The number of hydrogen-bond acceptors (Lipinski definition) is 4. The van der Waals surface area contributed by atoms with Gasteiger partial charge in [-0.2, -0.15) is 0 Å². The quantitative estimate of drug-likeness (QED) is 0.895. The number of nitrogens with zero attached hydrogens (tertiary/aromatic N) is 3. The van der Waals surface area contributed by atoms with Crippen LogP contribution in [-0.2, 0) is 5.54 Å². The number of nitrogens with one attached hydrogen (secondary N) is 1. The predicted molar refractivity (Wildman–Crippen MR) is 84.8 cm³/mol. The van der Waals surface area contributed by atoms with E-state index in [1.165, 1.54) is 0 Å². The largest absolute Gasteiger partial charge is 0.348 e. The van der Waals surface area contributed by atoms with Gasteiger partial charge in [-0.25, -0.2) is 4.98 Å². The number of rotatable bonds is 2. The summed E-state index contributed by atoms with van der Waals surface area (Å²) in [5.74, 6) is 1.94. The molecular formula is C16H26N4O. The average Bonchev–Trinajstić information content (AvgIpc) is 2.97. The molecule has 2 fully saturated rings. The second kappa shape index (κ2) is 5.13. The third-order valence-corrected chi connectivity index (χ3v) is 4.95. The molecule has 3 heterocycles. The maximum atomic E-state index is 12.8. The molecule has 3 rings (SSSR count). The fraction of sp³-hybridized carbons (Fsp3) is 0.750. The van der Waals surface area contributed by atoms with E-state index in [0.29, 0.717) is 23.7 Å². The van der Waals surface area contributed by atoms with Crippen LogP contribution in [0.15, 0.2) is 17.2 Å². The van der Waals surface area contributed by atoms with E-state index >= 15 is 0 Å². The minimum Gasteiger partial charge on any atom is -0.348 e. The van der Waals surface area contributed by atoms with Gasteiger partial charge in [-0.15, -0.1) is 0 Å². The van der Waals surface area contributed by atoms with E-state index in [1.807, 2.05) is 0 Å². The van der Waals surface area contributed by atoms with Crippen molar-refractivity contribution in [3.05, 3.63) is 22.7 Å². The van der Waals surface area contributed by atoms with Gasteiger partial charge in [0.15, 0.2) is 5.82 Å². The van der Waals surface area contributed by atoms with Gasteiger partial charge >= 0.3 is 0 Å². The highest BCUT2D eigenvalue weighted by Crippen LogP contribution is 2.35. The van der Waals surface area contributed by atoms with Gasteiger partial charge in [0.2, 0.25) is 0 Å². The average molecular weight is 290 g/mol. The Labute approximate surface area is 126 Å². The first-order valence-electron chi connectivity index (χ1n) is 7.99. The first-order chi connectivity index (χ1) is 9.93. The zero-order valence-corrected chi connectivity index (χ0v) is 13.5. The molecule has 0 radical (unpaired) electrons. The minimum absolute atomic E-state index is 0.0383. The van der Waals surface area contributed by atoms with Crippen LogP contribution in [0.3, 0.4) is 0 Å². The molecule has 0 saturated carbocycles. The highest BCUT2D eigenvalue weighted by atomic mass is 16.1. The zero-order chi connectivity index (χ0) is 15.2. The fourth-order valence-electron chi connectivity index (χ4n) is 3.92. The Balaban J connectivity index is 1.99. The van der Waals surface area contributed by atoms with Gasteiger partial charge in [-0.05, 0) is 39.0 Å². The van der Waals surface area contributed by atoms with Crippen molar-refractivity contribution in [3.8, 4) is 0 Å². The van der Waals surface area contributed by atoms with Crippen LogP contribution in [0.4, 0.5) is 5.82 Å². The standard InChI is InChI=1S/C16H26N4O/c1-5-13-12-9-17-8-11(12)10-19(13)14-15(21)20(7-6-18-14)16(2,3)4/h6-7,11-13,17H,5,8-10H2,1-4H3. The van der Waals surface area contributed by atoms with Crippen molar-refractivity contribution < 1.29 is 0 Å². The number of fused-ring (bicyclic) bond motifs is 1. The highest BCUT2D eigenvalue weighted by Gasteiger charge is 2.44. The summed E-state index contributed by atoms with van der Waals surface area (Å²) in [5, 5.41) is 3.48. The van der Waals surface area contributed by atoms with Crippen molar-refractivity contribution in [1.82, 2.24) is 14.9 Å². The molecular weight excluding hydrogens is 264 g/mol. The second-order valence-electron chi connectivity index (χ2n) is 7.31. The monoisotopic (exact) mass is 290 g/mol. The molecule has 2 aliphatic rings. The molecule has 1 aromatic heterocycles. The number of aromatic nitrogens is 2. The lowest BCUT2D eigenvalue weighted by Gasteiger charge is -2.29. The summed E-state index contributed by atoms with van der Waals surface area (Å²) in [5.41, 5.74) is -0.176. The van der Waals surface area contributed by atoms with Crippen LogP contribution in [0.2, 0.25) is 0 Å². The van der Waals surface area contributed by atoms with Gasteiger partial charge in [0.1, 0.15) is 0 Å². The van der Waals surface area contributed by atoms with Gasteiger partial charge in [0.05, 0.1) is 0 Å². The topological polar surface area (TPSA) is 50.2 Å². The van der Waals surface area contributed by atoms with E-state index in [1.54, 1.807) is 17.0 Å². The van der Waals surface area contributed by atoms with Crippen molar-refractivity contribution in [1.29, 1.82) is 0 Å². The maximum Gasteiger partial charge on any atom is 0.293 e. The van der Waals surface area contributed by atoms with Gasteiger partial charge in [0.25, 0.3) is 5.56 Å². The Morgan fingerprint density at radius 2 is 2.14 bits per heavy atom. The van der Waals surface area contributed by atoms with Crippen LogP contribution in [0, 0.1) is 11.8 Å². The summed E-state index contributed by atoms with van der Waals surface area (Å²) in [4.78, 5) is 19.5. The fourth-order valence-corrected chi connectivity index (χ4v) is 3.92. The molecule has 116 valence electrons. The first-order valence-corrected chi connectivity index (χ1v) is 7.99. The van der Waals surface area contributed by atoms with E-state index in [9.17, 15) is 4.79 Å². The summed E-state index contributed by atoms with van der Waals surface area (Å²) in [6.45, 7) is 11.5. The van der Waals surface area contributed by atoms with Crippen molar-refractivity contribution in [3.63, 3.8) is 0 Å². The van der Waals surface area contributed by atoms with Crippen LogP contribution >= 0.6 is 0 Å². The minimum atomic E-state index is -0.215. The van der Waals surface area contributed by atoms with Crippen molar-refractivity contribution in [2.75, 3.05) is 24.5 Å². The summed E-state index contributed by atoms with van der Waals surface area (Å²) in [7, 11) is 0. The molecule has 2 saturated heterocycles. The maximum absolute atomic E-state index is 12.8. The normalized spacial score (nSPS) is 29.0. The Morgan fingerprint density at radius 1 is 1.38 bits per heavy atom. The molecule has 5 heteroatoms.